The number of carboxylic acids is 2. The molecule has 18 heavy (non-hydrogen) atoms. The fourth-order valence-electron chi connectivity index (χ4n) is 1.70. The lowest BCUT2D eigenvalue weighted by Crippen LogP contribution is -2.43. The Hall–Kier alpha value is -1.59. The molecule has 2 N–H and O–H groups in total. The van der Waals surface area contributed by atoms with Gasteiger partial charge in [-0.05, 0) is 12.8 Å². The minimum Gasteiger partial charge on any atom is -0.481 e. The molecule has 0 aromatic carbocycles. The highest BCUT2D eigenvalue weighted by molar-refractivity contribution is 5.83. The van der Waals surface area contributed by atoms with Gasteiger partial charge in [0.15, 0.2) is 0 Å². The van der Waals surface area contributed by atoms with E-state index in [-0.39, 0.29) is 18.4 Å². The molecule has 0 fully saturated rings. The summed E-state index contributed by atoms with van der Waals surface area (Å²) in [5.74, 6) is -3.47. The minimum absolute atomic E-state index is 0.0725. The summed E-state index contributed by atoms with van der Waals surface area (Å²) in [6.07, 6.45) is 1.24. The molecule has 0 aliphatic heterocycles. The van der Waals surface area contributed by atoms with Gasteiger partial charge in [-0.15, -0.1) is 0 Å². The monoisotopic (exact) mass is 259 g/mol. The molecule has 0 aromatic rings. The lowest BCUT2D eigenvalue weighted by Gasteiger charge is -2.26. The van der Waals surface area contributed by atoms with E-state index >= 15 is 0 Å². The van der Waals surface area contributed by atoms with Gasteiger partial charge >= 0.3 is 11.9 Å². The van der Waals surface area contributed by atoms with Crippen molar-refractivity contribution < 1.29 is 24.6 Å². The molecular formula is C12H21NO5. The first-order chi connectivity index (χ1) is 8.33. The van der Waals surface area contributed by atoms with E-state index in [2.05, 4.69) is 0 Å². The highest BCUT2D eigenvalue weighted by Crippen LogP contribution is 2.13. The summed E-state index contributed by atoms with van der Waals surface area (Å²) in [4.78, 5) is 34.7. The largest absolute Gasteiger partial charge is 0.481 e. The molecule has 0 aromatic heterocycles. The molecular weight excluding hydrogens is 238 g/mol. The molecule has 0 saturated carbocycles. The van der Waals surface area contributed by atoms with E-state index in [1.54, 1.807) is 0 Å². The molecule has 0 heterocycles. The molecule has 6 nitrogen and oxygen atoms in total. The minimum atomic E-state index is -1.13. The molecule has 0 spiro atoms. The van der Waals surface area contributed by atoms with Crippen LogP contribution in [0.1, 0.15) is 33.6 Å². The molecule has 1 unspecified atom stereocenters. The van der Waals surface area contributed by atoms with Crippen molar-refractivity contribution in [3.63, 3.8) is 0 Å². The van der Waals surface area contributed by atoms with Crippen molar-refractivity contribution in [3.8, 4) is 0 Å². The van der Waals surface area contributed by atoms with Crippen molar-refractivity contribution >= 4 is 17.8 Å². The van der Waals surface area contributed by atoms with Crippen LogP contribution in [0.5, 0.6) is 0 Å². The first-order valence-corrected chi connectivity index (χ1v) is 6.06. The Morgan fingerprint density at radius 2 is 1.61 bits per heavy atom. The number of carbonyl (C=O) groups excluding carboxylic acids is 1. The van der Waals surface area contributed by atoms with Crippen LogP contribution in [0.15, 0.2) is 0 Å². The molecule has 0 saturated heterocycles. The Bertz CT molecular complexity index is 312. The average Bonchev–Trinajstić information content (AvgIpc) is 2.28. The molecule has 1 amide bonds. The van der Waals surface area contributed by atoms with Gasteiger partial charge < -0.3 is 15.1 Å². The highest BCUT2D eigenvalue weighted by atomic mass is 16.4. The second-order valence-electron chi connectivity index (χ2n) is 4.37. The molecule has 6 heteroatoms. The number of carboxylic acid groups (broad SMARTS) is 2. The quantitative estimate of drug-likeness (QED) is 0.679. The highest BCUT2D eigenvalue weighted by Gasteiger charge is 2.26. The van der Waals surface area contributed by atoms with Crippen LogP contribution in [-0.4, -0.2) is 46.0 Å². The number of nitrogens with zero attached hydrogens (tertiary/aromatic N) is 1. The Labute approximate surface area is 107 Å². The van der Waals surface area contributed by atoms with Gasteiger partial charge in [-0.3, -0.25) is 14.4 Å². The van der Waals surface area contributed by atoms with Gasteiger partial charge in [0.1, 0.15) is 6.54 Å². The summed E-state index contributed by atoms with van der Waals surface area (Å²) >= 11 is 0. The zero-order chi connectivity index (χ0) is 14.3. The van der Waals surface area contributed by atoms with Crippen LogP contribution in [0.25, 0.3) is 0 Å². The third-order valence-corrected chi connectivity index (χ3v) is 2.89. The second kappa shape index (κ2) is 7.68. The van der Waals surface area contributed by atoms with Gasteiger partial charge in [0.2, 0.25) is 5.91 Å². The molecule has 0 aliphatic rings. The Morgan fingerprint density at radius 3 is 1.94 bits per heavy atom. The van der Waals surface area contributed by atoms with Crippen LogP contribution in [0.4, 0.5) is 0 Å². The van der Waals surface area contributed by atoms with Crippen LogP contribution in [0, 0.1) is 11.8 Å². The zero-order valence-corrected chi connectivity index (χ0v) is 11.0. The topological polar surface area (TPSA) is 94.9 Å². The average molecular weight is 259 g/mol. The number of amides is 1. The first-order valence-electron chi connectivity index (χ1n) is 6.06. The van der Waals surface area contributed by atoms with Crippen molar-refractivity contribution in [1.29, 1.82) is 0 Å². The molecule has 0 radical (unpaired) electrons. The normalized spacial score (nSPS) is 12.2. The first kappa shape index (κ1) is 16.4. The lowest BCUT2D eigenvalue weighted by atomic mass is 10.0. The van der Waals surface area contributed by atoms with Crippen molar-refractivity contribution in [2.45, 2.75) is 33.6 Å². The van der Waals surface area contributed by atoms with Crippen LogP contribution >= 0.6 is 0 Å². The van der Waals surface area contributed by atoms with Gasteiger partial charge in [0, 0.05) is 12.5 Å². The number of aliphatic carboxylic acids is 2. The summed E-state index contributed by atoms with van der Waals surface area (Å²) in [6.45, 7) is 4.64. The molecule has 0 aliphatic carbocycles. The molecule has 1 atom stereocenters. The zero-order valence-electron chi connectivity index (χ0n) is 11.0. The second-order valence-corrected chi connectivity index (χ2v) is 4.37. The Morgan fingerprint density at radius 1 is 1.11 bits per heavy atom. The number of hydrogen-bond acceptors (Lipinski definition) is 3. The van der Waals surface area contributed by atoms with Gasteiger partial charge in [0.25, 0.3) is 0 Å². The van der Waals surface area contributed by atoms with Crippen molar-refractivity contribution in [1.82, 2.24) is 4.90 Å². The summed E-state index contributed by atoms with van der Waals surface area (Å²) in [7, 11) is 0. The third-order valence-electron chi connectivity index (χ3n) is 2.89. The third kappa shape index (κ3) is 5.16. The van der Waals surface area contributed by atoms with E-state index in [4.69, 9.17) is 10.2 Å². The standard InChI is InChI=1S/C12H21NO5/c1-4-9(5-2)11(16)13(7-10(14)15)6-8(3)12(17)18/h8-9H,4-7H2,1-3H3,(H,14,15)(H,17,18). The van der Waals surface area contributed by atoms with Gasteiger partial charge in [-0.2, -0.15) is 0 Å². The lowest BCUT2D eigenvalue weighted by molar-refractivity contribution is -0.149. The fraction of sp³-hybridized carbons (Fsp3) is 0.750. The van der Waals surface area contributed by atoms with E-state index in [1.165, 1.54) is 6.92 Å². The summed E-state index contributed by atoms with van der Waals surface area (Å²) < 4.78 is 0. The van der Waals surface area contributed by atoms with Crippen LogP contribution in [0.2, 0.25) is 0 Å². The number of rotatable bonds is 8. The van der Waals surface area contributed by atoms with Crippen molar-refractivity contribution in [3.05, 3.63) is 0 Å². The predicted octanol–water partition coefficient (Wildman–Crippen LogP) is 1.06. The maximum absolute atomic E-state index is 12.1. The van der Waals surface area contributed by atoms with Crippen LogP contribution in [-0.2, 0) is 14.4 Å². The van der Waals surface area contributed by atoms with E-state index in [0.717, 1.165) is 4.90 Å². The Balaban J connectivity index is 4.81. The smallest absolute Gasteiger partial charge is 0.323 e. The summed E-state index contributed by atoms with van der Waals surface area (Å²) in [5.41, 5.74) is 0. The maximum Gasteiger partial charge on any atom is 0.323 e. The van der Waals surface area contributed by atoms with Crippen LogP contribution < -0.4 is 0 Å². The predicted molar refractivity (Wildman–Crippen MR) is 65.1 cm³/mol. The molecule has 0 bridgehead atoms. The van der Waals surface area contributed by atoms with Crippen molar-refractivity contribution in [2.75, 3.05) is 13.1 Å². The summed E-state index contributed by atoms with van der Waals surface area (Å²) in [6, 6.07) is 0. The maximum atomic E-state index is 12.1. The molecule has 0 rings (SSSR count). The Kier molecular flexibility index (Phi) is 7.00. The van der Waals surface area contributed by atoms with E-state index in [0.29, 0.717) is 12.8 Å². The van der Waals surface area contributed by atoms with E-state index in [1.807, 2.05) is 13.8 Å². The fourth-order valence-corrected chi connectivity index (χ4v) is 1.70. The van der Waals surface area contributed by atoms with Gasteiger partial charge in [-0.25, -0.2) is 0 Å². The van der Waals surface area contributed by atoms with Crippen LogP contribution in [0.3, 0.4) is 0 Å². The number of hydrogen-bond donors (Lipinski definition) is 2. The number of carbonyl (C=O) groups is 3. The van der Waals surface area contributed by atoms with Gasteiger partial charge in [-0.1, -0.05) is 20.8 Å². The summed E-state index contributed by atoms with van der Waals surface area (Å²) in [5, 5.41) is 17.6. The SMILES string of the molecule is CCC(CC)C(=O)N(CC(=O)O)CC(C)C(=O)O. The van der Waals surface area contributed by atoms with Crippen molar-refractivity contribution in [2.24, 2.45) is 11.8 Å². The van der Waals surface area contributed by atoms with E-state index < -0.39 is 24.4 Å². The molecule has 104 valence electrons. The van der Waals surface area contributed by atoms with E-state index in [9.17, 15) is 14.4 Å². The van der Waals surface area contributed by atoms with Gasteiger partial charge in [0.05, 0.1) is 5.92 Å².